The van der Waals surface area contributed by atoms with E-state index >= 15 is 0 Å². The molecule has 0 aliphatic rings. The molecule has 3 aromatic rings. The number of nitrogen functional groups attached to an aromatic ring is 1. The molecule has 0 saturated heterocycles. The molecule has 1 aromatic carbocycles. The Morgan fingerprint density at radius 3 is 2.54 bits per heavy atom. The number of benzene rings is 1. The van der Waals surface area contributed by atoms with E-state index in [1.54, 1.807) is 12.1 Å². The molecule has 2 N–H and O–H groups in total. The predicted octanol–water partition coefficient (Wildman–Crippen LogP) is 3.49. The van der Waals surface area contributed by atoms with Crippen LogP contribution in [-0.2, 0) is 12.6 Å². The highest BCUT2D eigenvalue weighted by molar-refractivity contribution is 5.62. The summed E-state index contributed by atoms with van der Waals surface area (Å²) >= 11 is 0. The first-order valence-corrected chi connectivity index (χ1v) is 7.22. The van der Waals surface area contributed by atoms with E-state index in [1.807, 2.05) is 13.0 Å². The number of anilines is 1. The molecular weight excluding hydrogens is 319 g/mol. The van der Waals surface area contributed by atoms with Crippen LogP contribution in [0.15, 0.2) is 42.9 Å². The Hall–Kier alpha value is -2.90. The normalized spacial score (nSPS) is 11.7. The van der Waals surface area contributed by atoms with Crippen molar-refractivity contribution >= 4 is 5.69 Å². The van der Waals surface area contributed by atoms with Crippen molar-refractivity contribution in [2.75, 3.05) is 5.73 Å². The third-order valence-corrected chi connectivity index (χ3v) is 3.58. The molecule has 2 heterocycles. The molecule has 0 amide bonds. The van der Waals surface area contributed by atoms with E-state index in [1.165, 1.54) is 17.1 Å². The predicted molar refractivity (Wildman–Crippen MR) is 83.4 cm³/mol. The number of halogens is 3. The van der Waals surface area contributed by atoms with E-state index in [2.05, 4.69) is 15.1 Å². The fraction of sp³-hybridized carbons (Fsp3) is 0.188. The maximum atomic E-state index is 12.6. The van der Waals surface area contributed by atoms with Crippen LogP contribution in [0.2, 0.25) is 0 Å². The summed E-state index contributed by atoms with van der Waals surface area (Å²) in [5.41, 5.74) is 7.53. The first-order chi connectivity index (χ1) is 11.4. The summed E-state index contributed by atoms with van der Waals surface area (Å²) in [5, 5.41) is 4.27. The minimum Gasteiger partial charge on any atom is -0.399 e. The van der Waals surface area contributed by atoms with Gasteiger partial charge in [-0.3, -0.25) is 0 Å². The van der Waals surface area contributed by atoms with Crippen LogP contribution < -0.4 is 5.73 Å². The number of aromatic nitrogens is 4. The van der Waals surface area contributed by atoms with Crippen LogP contribution in [0.4, 0.5) is 18.9 Å². The minimum atomic E-state index is -4.42. The summed E-state index contributed by atoms with van der Waals surface area (Å²) in [6.07, 6.45) is -1.46. The zero-order valence-corrected chi connectivity index (χ0v) is 12.7. The molecule has 3 rings (SSSR count). The Bertz CT molecular complexity index is 853. The van der Waals surface area contributed by atoms with Gasteiger partial charge in [0.25, 0.3) is 0 Å². The molecule has 0 atom stereocenters. The largest absolute Gasteiger partial charge is 0.417 e. The maximum absolute atomic E-state index is 12.6. The molecule has 0 aliphatic carbocycles. The van der Waals surface area contributed by atoms with Gasteiger partial charge >= 0.3 is 6.18 Å². The standard InChI is InChI=1S/C16H14F3N5/c1-2-10-7-11(3-5-13(10)20)15-22-9-24(23-15)14-6-4-12(8-21-14)16(17,18)19/h3-9H,2,20H2,1H3. The van der Waals surface area contributed by atoms with Gasteiger partial charge in [-0.15, -0.1) is 5.10 Å². The fourth-order valence-corrected chi connectivity index (χ4v) is 2.25. The highest BCUT2D eigenvalue weighted by Crippen LogP contribution is 2.28. The van der Waals surface area contributed by atoms with Gasteiger partial charge in [-0.25, -0.2) is 14.6 Å². The van der Waals surface area contributed by atoms with Crippen LogP contribution in [-0.4, -0.2) is 19.7 Å². The van der Waals surface area contributed by atoms with E-state index in [-0.39, 0.29) is 5.82 Å². The molecule has 0 bridgehead atoms. The summed E-state index contributed by atoms with van der Waals surface area (Å²) < 4.78 is 39.0. The van der Waals surface area contributed by atoms with Crippen molar-refractivity contribution in [1.29, 1.82) is 0 Å². The molecule has 0 saturated carbocycles. The molecular formula is C16H14F3N5. The van der Waals surface area contributed by atoms with Crippen molar-refractivity contribution in [2.24, 2.45) is 0 Å². The molecule has 0 radical (unpaired) electrons. The van der Waals surface area contributed by atoms with Crippen molar-refractivity contribution in [3.05, 3.63) is 54.0 Å². The first kappa shape index (κ1) is 16.0. The van der Waals surface area contributed by atoms with Gasteiger partial charge in [-0.2, -0.15) is 13.2 Å². The number of nitrogens with zero attached hydrogens (tertiary/aromatic N) is 4. The first-order valence-electron chi connectivity index (χ1n) is 7.22. The second kappa shape index (κ2) is 5.95. The third kappa shape index (κ3) is 3.08. The van der Waals surface area contributed by atoms with Crippen molar-refractivity contribution in [3.8, 4) is 17.2 Å². The lowest BCUT2D eigenvalue weighted by Crippen LogP contribution is -2.07. The van der Waals surface area contributed by atoms with Crippen molar-refractivity contribution < 1.29 is 13.2 Å². The van der Waals surface area contributed by atoms with Crippen molar-refractivity contribution in [3.63, 3.8) is 0 Å². The number of aryl methyl sites for hydroxylation is 1. The van der Waals surface area contributed by atoms with Crippen LogP contribution in [0, 0.1) is 0 Å². The highest BCUT2D eigenvalue weighted by atomic mass is 19.4. The summed E-state index contributed by atoms with van der Waals surface area (Å²) in [7, 11) is 0. The monoisotopic (exact) mass is 333 g/mol. The number of pyridine rings is 1. The lowest BCUT2D eigenvalue weighted by Gasteiger charge is -2.06. The van der Waals surface area contributed by atoms with Crippen LogP contribution in [0.25, 0.3) is 17.2 Å². The average Bonchev–Trinajstić information content (AvgIpc) is 3.04. The van der Waals surface area contributed by atoms with Gasteiger partial charge in [0.1, 0.15) is 6.33 Å². The Balaban J connectivity index is 1.91. The van der Waals surface area contributed by atoms with Gasteiger partial charge in [0.05, 0.1) is 5.56 Å². The van der Waals surface area contributed by atoms with E-state index in [0.29, 0.717) is 11.5 Å². The van der Waals surface area contributed by atoms with E-state index in [0.717, 1.165) is 29.8 Å². The lowest BCUT2D eigenvalue weighted by atomic mass is 10.1. The van der Waals surface area contributed by atoms with E-state index in [9.17, 15) is 13.2 Å². The van der Waals surface area contributed by atoms with Crippen LogP contribution in [0.1, 0.15) is 18.1 Å². The number of hydrogen-bond donors (Lipinski definition) is 1. The van der Waals surface area contributed by atoms with Gasteiger partial charge in [0, 0.05) is 17.4 Å². The minimum absolute atomic E-state index is 0.257. The topological polar surface area (TPSA) is 69.6 Å². The quantitative estimate of drug-likeness (QED) is 0.745. The average molecular weight is 333 g/mol. The summed E-state index contributed by atoms with van der Waals surface area (Å²) in [6, 6.07) is 7.69. The highest BCUT2D eigenvalue weighted by Gasteiger charge is 2.30. The van der Waals surface area contributed by atoms with E-state index < -0.39 is 11.7 Å². The van der Waals surface area contributed by atoms with Crippen LogP contribution >= 0.6 is 0 Å². The Labute approximate surface area is 136 Å². The molecule has 8 heteroatoms. The number of rotatable bonds is 3. The zero-order chi connectivity index (χ0) is 17.3. The summed E-state index contributed by atoms with van der Waals surface area (Å²) in [6.45, 7) is 1.99. The van der Waals surface area contributed by atoms with E-state index in [4.69, 9.17) is 5.73 Å². The Kier molecular flexibility index (Phi) is 3.96. The van der Waals surface area contributed by atoms with Crippen LogP contribution in [0.3, 0.4) is 0 Å². The van der Waals surface area contributed by atoms with Crippen molar-refractivity contribution in [2.45, 2.75) is 19.5 Å². The summed E-state index contributed by atoms with van der Waals surface area (Å²) in [5.74, 6) is 0.708. The summed E-state index contributed by atoms with van der Waals surface area (Å²) in [4.78, 5) is 7.98. The molecule has 0 spiro atoms. The second-order valence-electron chi connectivity index (χ2n) is 5.18. The lowest BCUT2D eigenvalue weighted by molar-refractivity contribution is -0.137. The van der Waals surface area contributed by atoms with Gasteiger partial charge in [0.2, 0.25) is 0 Å². The zero-order valence-electron chi connectivity index (χ0n) is 12.7. The smallest absolute Gasteiger partial charge is 0.399 e. The fourth-order valence-electron chi connectivity index (χ4n) is 2.25. The van der Waals surface area contributed by atoms with Gasteiger partial charge < -0.3 is 5.73 Å². The van der Waals surface area contributed by atoms with Gasteiger partial charge in [0.15, 0.2) is 11.6 Å². The second-order valence-corrected chi connectivity index (χ2v) is 5.18. The molecule has 0 unspecified atom stereocenters. The molecule has 0 fully saturated rings. The van der Waals surface area contributed by atoms with Gasteiger partial charge in [-0.1, -0.05) is 6.92 Å². The molecule has 2 aromatic heterocycles. The maximum Gasteiger partial charge on any atom is 0.417 e. The number of hydrogen-bond acceptors (Lipinski definition) is 4. The SMILES string of the molecule is CCc1cc(-c2ncn(-c3ccc(C(F)(F)F)cn3)n2)ccc1N. The molecule has 5 nitrogen and oxygen atoms in total. The molecule has 0 aliphatic heterocycles. The number of alkyl halides is 3. The van der Waals surface area contributed by atoms with Crippen molar-refractivity contribution in [1.82, 2.24) is 19.7 Å². The van der Waals surface area contributed by atoms with Gasteiger partial charge in [-0.05, 0) is 42.3 Å². The Morgan fingerprint density at radius 2 is 1.92 bits per heavy atom. The molecule has 124 valence electrons. The Morgan fingerprint density at radius 1 is 1.12 bits per heavy atom. The third-order valence-electron chi connectivity index (χ3n) is 3.58. The number of nitrogens with two attached hydrogens (primary N) is 1. The molecule has 24 heavy (non-hydrogen) atoms. The van der Waals surface area contributed by atoms with Crippen LogP contribution in [0.5, 0.6) is 0 Å².